The van der Waals surface area contributed by atoms with Crippen molar-refractivity contribution in [3.63, 3.8) is 0 Å². The molecule has 0 aromatic carbocycles. The van der Waals surface area contributed by atoms with E-state index in [0.717, 1.165) is 31.3 Å². The van der Waals surface area contributed by atoms with Crippen molar-refractivity contribution in [2.45, 2.75) is 58.3 Å². The van der Waals surface area contributed by atoms with Crippen molar-refractivity contribution in [2.75, 3.05) is 0 Å². The van der Waals surface area contributed by atoms with Crippen LogP contribution in [-0.4, -0.2) is 6.29 Å². The lowest BCUT2D eigenvalue weighted by atomic mass is 9.92. The minimum absolute atomic E-state index is 0.600. The second kappa shape index (κ2) is 5.33. The van der Waals surface area contributed by atoms with E-state index in [1.54, 1.807) is 0 Å². The molecule has 1 aromatic rings. The van der Waals surface area contributed by atoms with E-state index in [1.807, 2.05) is 0 Å². The number of unbranched alkanes of at least 4 members (excludes halogenated alkanes) is 2. The standard InChI is InChI=1S/C14H20O2/c1-2-3-4-7-12-11-8-5-6-9-13(11)16-14(12)10-15/h10H,2-9H2,1H3. The van der Waals surface area contributed by atoms with Crippen LogP contribution in [0.25, 0.3) is 0 Å². The fourth-order valence-corrected chi connectivity index (χ4v) is 2.57. The minimum atomic E-state index is 0.600. The van der Waals surface area contributed by atoms with Crippen molar-refractivity contribution in [3.05, 3.63) is 22.6 Å². The predicted molar refractivity (Wildman–Crippen MR) is 64.0 cm³/mol. The van der Waals surface area contributed by atoms with Gasteiger partial charge in [-0.05, 0) is 37.7 Å². The van der Waals surface area contributed by atoms with Crippen LogP contribution < -0.4 is 0 Å². The summed E-state index contributed by atoms with van der Waals surface area (Å²) in [6.07, 6.45) is 10.1. The number of fused-ring (bicyclic) bond motifs is 1. The van der Waals surface area contributed by atoms with Crippen LogP contribution in [-0.2, 0) is 19.3 Å². The first-order chi connectivity index (χ1) is 7.86. The van der Waals surface area contributed by atoms with E-state index in [0.29, 0.717) is 5.76 Å². The molecule has 1 aromatic heterocycles. The lowest BCUT2D eigenvalue weighted by molar-refractivity contribution is 0.109. The van der Waals surface area contributed by atoms with E-state index in [-0.39, 0.29) is 0 Å². The maximum Gasteiger partial charge on any atom is 0.185 e. The highest BCUT2D eigenvalue weighted by atomic mass is 16.3. The number of carbonyl (C=O) groups excluding carboxylic acids is 1. The third-order valence-electron chi connectivity index (χ3n) is 3.45. The second-order valence-corrected chi connectivity index (χ2v) is 4.63. The van der Waals surface area contributed by atoms with E-state index in [1.165, 1.54) is 43.2 Å². The Morgan fingerprint density at radius 2 is 2.06 bits per heavy atom. The van der Waals surface area contributed by atoms with Gasteiger partial charge in [-0.2, -0.15) is 0 Å². The van der Waals surface area contributed by atoms with E-state index >= 15 is 0 Å². The summed E-state index contributed by atoms with van der Waals surface area (Å²) in [7, 11) is 0. The number of furan rings is 1. The molecule has 1 aliphatic rings. The van der Waals surface area contributed by atoms with Crippen LogP contribution in [0.4, 0.5) is 0 Å². The maximum atomic E-state index is 11.0. The van der Waals surface area contributed by atoms with Gasteiger partial charge in [0.05, 0.1) is 0 Å². The molecule has 0 atom stereocenters. The minimum Gasteiger partial charge on any atom is -0.458 e. The molecule has 0 radical (unpaired) electrons. The molecule has 2 heteroatoms. The summed E-state index contributed by atoms with van der Waals surface area (Å²) in [6, 6.07) is 0. The molecule has 1 heterocycles. The third-order valence-corrected chi connectivity index (χ3v) is 3.45. The Morgan fingerprint density at radius 1 is 1.25 bits per heavy atom. The molecule has 88 valence electrons. The Balaban J connectivity index is 2.19. The summed E-state index contributed by atoms with van der Waals surface area (Å²) < 4.78 is 5.65. The fourth-order valence-electron chi connectivity index (χ4n) is 2.57. The molecule has 16 heavy (non-hydrogen) atoms. The topological polar surface area (TPSA) is 30.2 Å². The van der Waals surface area contributed by atoms with Gasteiger partial charge in [-0.1, -0.05) is 19.8 Å². The van der Waals surface area contributed by atoms with Gasteiger partial charge in [-0.15, -0.1) is 0 Å². The summed E-state index contributed by atoms with van der Waals surface area (Å²) >= 11 is 0. The van der Waals surface area contributed by atoms with Crippen molar-refractivity contribution in [2.24, 2.45) is 0 Å². The monoisotopic (exact) mass is 220 g/mol. The normalized spacial score (nSPS) is 14.8. The van der Waals surface area contributed by atoms with Crippen LogP contribution in [0.5, 0.6) is 0 Å². The first kappa shape index (κ1) is 11.4. The first-order valence-electron chi connectivity index (χ1n) is 6.45. The van der Waals surface area contributed by atoms with Gasteiger partial charge in [0, 0.05) is 12.0 Å². The molecular weight excluding hydrogens is 200 g/mol. The molecule has 2 nitrogen and oxygen atoms in total. The van der Waals surface area contributed by atoms with E-state index in [9.17, 15) is 4.79 Å². The largest absolute Gasteiger partial charge is 0.458 e. The number of aryl methyl sites for hydroxylation is 1. The Labute approximate surface area is 97.0 Å². The van der Waals surface area contributed by atoms with Crippen molar-refractivity contribution < 1.29 is 9.21 Å². The molecule has 0 fully saturated rings. The highest BCUT2D eigenvalue weighted by Crippen LogP contribution is 2.30. The van der Waals surface area contributed by atoms with Crippen LogP contribution in [0.1, 0.15) is 66.5 Å². The van der Waals surface area contributed by atoms with Gasteiger partial charge in [0.25, 0.3) is 0 Å². The Kier molecular flexibility index (Phi) is 3.81. The van der Waals surface area contributed by atoms with Crippen molar-refractivity contribution in [3.8, 4) is 0 Å². The number of aldehydes is 1. The van der Waals surface area contributed by atoms with E-state index in [2.05, 4.69) is 6.92 Å². The van der Waals surface area contributed by atoms with Gasteiger partial charge < -0.3 is 4.42 Å². The number of hydrogen-bond acceptors (Lipinski definition) is 2. The molecule has 0 aliphatic heterocycles. The molecule has 0 bridgehead atoms. The molecule has 0 saturated carbocycles. The van der Waals surface area contributed by atoms with Gasteiger partial charge in [0.1, 0.15) is 5.76 Å². The van der Waals surface area contributed by atoms with Gasteiger partial charge in [0.2, 0.25) is 0 Å². The van der Waals surface area contributed by atoms with E-state index in [4.69, 9.17) is 4.42 Å². The highest BCUT2D eigenvalue weighted by Gasteiger charge is 2.21. The van der Waals surface area contributed by atoms with Crippen molar-refractivity contribution >= 4 is 6.29 Å². The zero-order chi connectivity index (χ0) is 11.4. The van der Waals surface area contributed by atoms with Crippen molar-refractivity contribution in [1.82, 2.24) is 0 Å². The molecule has 0 amide bonds. The summed E-state index contributed by atoms with van der Waals surface area (Å²) in [4.78, 5) is 11.0. The average molecular weight is 220 g/mol. The Morgan fingerprint density at radius 3 is 2.81 bits per heavy atom. The van der Waals surface area contributed by atoms with Gasteiger partial charge in [-0.25, -0.2) is 0 Å². The van der Waals surface area contributed by atoms with Crippen molar-refractivity contribution in [1.29, 1.82) is 0 Å². The van der Waals surface area contributed by atoms with Crippen LogP contribution in [0.3, 0.4) is 0 Å². The molecule has 2 rings (SSSR count). The summed E-state index contributed by atoms with van der Waals surface area (Å²) in [5.41, 5.74) is 2.56. The first-order valence-corrected chi connectivity index (χ1v) is 6.45. The summed E-state index contributed by atoms with van der Waals surface area (Å²) in [5.74, 6) is 1.68. The fraction of sp³-hybridized carbons (Fsp3) is 0.643. The van der Waals surface area contributed by atoms with Crippen LogP contribution in [0.15, 0.2) is 4.42 Å². The highest BCUT2D eigenvalue weighted by molar-refractivity contribution is 5.74. The zero-order valence-corrected chi connectivity index (χ0v) is 10.1. The number of carbonyl (C=O) groups is 1. The SMILES string of the molecule is CCCCCc1c(C=O)oc2c1CCCC2. The molecule has 0 N–H and O–H groups in total. The Bertz CT molecular complexity index is 363. The zero-order valence-electron chi connectivity index (χ0n) is 10.1. The van der Waals surface area contributed by atoms with Gasteiger partial charge in [-0.3, -0.25) is 4.79 Å². The molecule has 0 spiro atoms. The second-order valence-electron chi connectivity index (χ2n) is 4.63. The maximum absolute atomic E-state index is 11.0. The third kappa shape index (κ3) is 2.21. The van der Waals surface area contributed by atoms with Crippen LogP contribution >= 0.6 is 0 Å². The molecule has 1 aliphatic carbocycles. The van der Waals surface area contributed by atoms with E-state index < -0.39 is 0 Å². The Hall–Kier alpha value is -1.05. The van der Waals surface area contributed by atoms with Crippen LogP contribution in [0.2, 0.25) is 0 Å². The van der Waals surface area contributed by atoms with Crippen LogP contribution in [0, 0.1) is 0 Å². The predicted octanol–water partition coefficient (Wildman–Crippen LogP) is 3.70. The number of hydrogen-bond donors (Lipinski definition) is 0. The van der Waals surface area contributed by atoms with Gasteiger partial charge in [0.15, 0.2) is 12.0 Å². The lowest BCUT2D eigenvalue weighted by Gasteiger charge is -2.10. The smallest absolute Gasteiger partial charge is 0.185 e. The average Bonchev–Trinajstić information content (AvgIpc) is 2.68. The summed E-state index contributed by atoms with van der Waals surface area (Å²) in [6.45, 7) is 2.20. The molecular formula is C14H20O2. The summed E-state index contributed by atoms with van der Waals surface area (Å²) in [5, 5.41) is 0. The molecule has 0 unspecified atom stereocenters. The lowest BCUT2D eigenvalue weighted by Crippen LogP contribution is -2.02. The number of rotatable bonds is 5. The molecule has 0 saturated heterocycles. The quantitative estimate of drug-likeness (QED) is 0.559. The van der Waals surface area contributed by atoms with Gasteiger partial charge >= 0.3 is 0 Å².